The number of carbonyl (C=O) groups excluding carboxylic acids is 3. The Kier molecular flexibility index (Phi) is 4.55. The molecule has 4 amide bonds. The van der Waals surface area contributed by atoms with Crippen LogP contribution in [0.4, 0.5) is 21.0 Å². The van der Waals surface area contributed by atoms with Gasteiger partial charge >= 0.3 is 12.1 Å². The zero-order chi connectivity index (χ0) is 21.7. The molecule has 0 unspecified atom stereocenters. The van der Waals surface area contributed by atoms with E-state index in [9.17, 15) is 14.4 Å². The van der Waals surface area contributed by atoms with Crippen LogP contribution in [0.25, 0.3) is 10.9 Å². The molecule has 10 heteroatoms. The Bertz CT molecular complexity index is 1220. The van der Waals surface area contributed by atoms with Gasteiger partial charge in [-0.05, 0) is 30.9 Å². The van der Waals surface area contributed by atoms with Gasteiger partial charge in [0, 0.05) is 23.8 Å². The Morgan fingerprint density at radius 2 is 1.94 bits per heavy atom. The standard InChI is InChI=1S/C21H19ClN6O3/c22-12-7-13(9-24-8-12)25-19(29)18-6-11-5-17(11)28(18)21(31)26-15-10-27(20(23)30)16-4-2-1-3-14(15)16/h1-4,7-11,17-18H,5-6H2,(H2,23,30)(H,25,29)(H,26,31)/t11-,17-,18+/m1/s1. The predicted octanol–water partition coefficient (Wildman–Crippen LogP) is 3.25. The van der Waals surface area contributed by atoms with E-state index in [2.05, 4.69) is 15.6 Å². The van der Waals surface area contributed by atoms with E-state index in [0.29, 0.717) is 39.6 Å². The van der Waals surface area contributed by atoms with E-state index in [1.807, 2.05) is 6.07 Å². The molecule has 2 aliphatic rings. The van der Waals surface area contributed by atoms with E-state index in [1.54, 1.807) is 29.2 Å². The van der Waals surface area contributed by atoms with Gasteiger partial charge in [-0.1, -0.05) is 29.8 Å². The van der Waals surface area contributed by atoms with Crippen molar-refractivity contribution in [2.24, 2.45) is 11.7 Å². The molecule has 9 nitrogen and oxygen atoms in total. The van der Waals surface area contributed by atoms with Gasteiger partial charge in [-0.2, -0.15) is 0 Å². The molecule has 1 saturated heterocycles. The number of anilines is 2. The zero-order valence-electron chi connectivity index (χ0n) is 16.3. The quantitative estimate of drug-likeness (QED) is 0.580. The van der Waals surface area contributed by atoms with E-state index in [1.165, 1.54) is 23.2 Å². The Morgan fingerprint density at radius 3 is 2.71 bits per heavy atom. The topological polar surface area (TPSA) is 122 Å². The fourth-order valence-corrected chi connectivity index (χ4v) is 4.50. The summed E-state index contributed by atoms with van der Waals surface area (Å²) in [6, 6.07) is 7.13. The number of likely N-dealkylation sites (tertiary alicyclic amines) is 1. The number of primary amides is 1. The molecule has 0 spiro atoms. The second kappa shape index (κ2) is 7.28. The van der Waals surface area contributed by atoms with E-state index in [0.717, 1.165) is 6.42 Å². The number of carbonyl (C=O) groups is 3. The molecule has 31 heavy (non-hydrogen) atoms. The normalized spacial score (nSPS) is 21.6. The Labute approximate surface area is 182 Å². The molecule has 3 atom stereocenters. The van der Waals surface area contributed by atoms with Gasteiger partial charge in [-0.15, -0.1) is 0 Å². The molecule has 4 N–H and O–H groups in total. The van der Waals surface area contributed by atoms with Gasteiger partial charge in [-0.25, -0.2) is 9.59 Å². The number of hydrogen-bond donors (Lipinski definition) is 3. The number of piperidine rings is 1. The second-order valence-corrected chi connectivity index (χ2v) is 8.24. The number of nitrogens with zero attached hydrogens (tertiary/aromatic N) is 3. The summed E-state index contributed by atoms with van der Waals surface area (Å²) in [6.07, 6.45) is 5.95. The number of nitrogens with two attached hydrogens (primary N) is 1. The van der Waals surface area contributed by atoms with Gasteiger partial charge < -0.3 is 21.3 Å². The predicted molar refractivity (Wildman–Crippen MR) is 116 cm³/mol. The van der Waals surface area contributed by atoms with Crippen LogP contribution in [-0.2, 0) is 4.79 Å². The molecule has 0 radical (unpaired) electrons. The van der Waals surface area contributed by atoms with Gasteiger partial charge in [0.05, 0.1) is 28.1 Å². The summed E-state index contributed by atoms with van der Waals surface area (Å²) >= 11 is 5.94. The number of hydrogen-bond acceptors (Lipinski definition) is 4. The highest BCUT2D eigenvalue weighted by Crippen LogP contribution is 2.48. The van der Waals surface area contributed by atoms with Crippen molar-refractivity contribution in [3.8, 4) is 0 Å². The van der Waals surface area contributed by atoms with Crippen molar-refractivity contribution in [2.75, 3.05) is 10.6 Å². The van der Waals surface area contributed by atoms with Crippen molar-refractivity contribution in [3.05, 3.63) is 53.9 Å². The summed E-state index contributed by atoms with van der Waals surface area (Å²) in [4.78, 5) is 43.4. The molecule has 2 fully saturated rings. The van der Waals surface area contributed by atoms with Crippen molar-refractivity contribution in [2.45, 2.75) is 24.9 Å². The maximum absolute atomic E-state index is 13.2. The molecule has 5 rings (SSSR count). The van der Waals surface area contributed by atoms with Gasteiger partial charge in [0.25, 0.3) is 0 Å². The molecular formula is C21H19ClN6O3. The maximum Gasteiger partial charge on any atom is 0.323 e. The monoisotopic (exact) mass is 438 g/mol. The van der Waals surface area contributed by atoms with E-state index < -0.39 is 12.1 Å². The Balaban J connectivity index is 1.38. The number of fused-ring (bicyclic) bond motifs is 2. The van der Waals surface area contributed by atoms with E-state index >= 15 is 0 Å². The van der Waals surface area contributed by atoms with Crippen molar-refractivity contribution in [3.63, 3.8) is 0 Å². The molecule has 1 aliphatic carbocycles. The lowest BCUT2D eigenvalue weighted by atomic mass is 10.1. The molecule has 1 aromatic carbocycles. The molecule has 3 heterocycles. The molecule has 0 bridgehead atoms. The number of halogens is 1. The largest absolute Gasteiger partial charge is 0.351 e. The number of para-hydroxylation sites is 1. The maximum atomic E-state index is 13.2. The number of urea groups is 1. The number of pyridine rings is 1. The summed E-state index contributed by atoms with van der Waals surface area (Å²) in [7, 11) is 0. The Morgan fingerprint density at radius 1 is 1.13 bits per heavy atom. The van der Waals surface area contributed by atoms with Crippen LogP contribution >= 0.6 is 11.6 Å². The third-order valence-corrected chi connectivity index (χ3v) is 6.01. The van der Waals surface area contributed by atoms with Crippen LogP contribution in [0.5, 0.6) is 0 Å². The van der Waals surface area contributed by atoms with Crippen LogP contribution < -0.4 is 16.4 Å². The lowest BCUT2D eigenvalue weighted by molar-refractivity contribution is -0.120. The molecular weight excluding hydrogens is 420 g/mol. The highest BCUT2D eigenvalue weighted by Gasteiger charge is 2.56. The average Bonchev–Trinajstić information content (AvgIpc) is 3.24. The molecule has 158 valence electrons. The van der Waals surface area contributed by atoms with Crippen molar-refractivity contribution < 1.29 is 14.4 Å². The first-order chi connectivity index (χ1) is 14.9. The van der Waals surface area contributed by atoms with Gasteiger partial charge in [-0.3, -0.25) is 14.3 Å². The van der Waals surface area contributed by atoms with Crippen LogP contribution in [-0.4, -0.2) is 44.5 Å². The van der Waals surface area contributed by atoms with Crippen LogP contribution in [0.1, 0.15) is 12.8 Å². The van der Waals surface area contributed by atoms with Crippen molar-refractivity contribution in [1.82, 2.24) is 14.5 Å². The van der Waals surface area contributed by atoms with Crippen LogP contribution in [0.2, 0.25) is 5.02 Å². The first-order valence-corrected chi connectivity index (χ1v) is 10.2. The SMILES string of the molecule is NC(=O)n1cc(NC(=O)N2[C@@H]3C[C@@H]3C[C@H]2C(=O)Nc2cncc(Cl)c2)c2ccccc21. The number of amides is 4. The molecule has 1 aliphatic heterocycles. The summed E-state index contributed by atoms with van der Waals surface area (Å²) in [5, 5.41) is 6.75. The minimum absolute atomic E-state index is 0.0257. The van der Waals surface area contributed by atoms with Gasteiger partial charge in [0.2, 0.25) is 5.91 Å². The number of benzene rings is 1. The lowest BCUT2D eigenvalue weighted by Crippen LogP contribution is -2.47. The molecule has 3 aromatic rings. The third-order valence-electron chi connectivity index (χ3n) is 5.80. The highest BCUT2D eigenvalue weighted by molar-refractivity contribution is 6.30. The summed E-state index contributed by atoms with van der Waals surface area (Å²) in [6.45, 7) is 0. The first-order valence-electron chi connectivity index (χ1n) is 9.83. The molecule has 2 aromatic heterocycles. The summed E-state index contributed by atoms with van der Waals surface area (Å²) in [5.41, 5.74) is 6.98. The molecule has 1 saturated carbocycles. The van der Waals surface area contributed by atoms with Crippen LogP contribution in [0.15, 0.2) is 48.9 Å². The van der Waals surface area contributed by atoms with Crippen molar-refractivity contribution in [1.29, 1.82) is 0 Å². The average molecular weight is 439 g/mol. The van der Waals surface area contributed by atoms with Gasteiger partial charge in [0.15, 0.2) is 0 Å². The zero-order valence-corrected chi connectivity index (χ0v) is 17.0. The van der Waals surface area contributed by atoms with Crippen LogP contribution in [0.3, 0.4) is 0 Å². The number of aromatic nitrogens is 2. The minimum atomic E-state index is -0.646. The van der Waals surface area contributed by atoms with E-state index in [-0.39, 0.29) is 18.0 Å². The van der Waals surface area contributed by atoms with Crippen molar-refractivity contribution >= 4 is 51.8 Å². The number of rotatable bonds is 3. The summed E-state index contributed by atoms with van der Waals surface area (Å²) in [5.74, 6) is 0.0249. The third kappa shape index (κ3) is 3.46. The second-order valence-electron chi connectivity index (χ2n) is 7.80. The number of nitrogens with one attached hydrogen (secondary N) is 2. The smallest absolute Gasteiger partial charge is 0.323 e. The Hall–Kier alpha value is -3.59. The fourth-order valence-electron chi connectivity index (χ4n) is 4.33. The minimum Gasteiger partial charge on any atom is -0.351 e. The fraction of sp³-hybridized carbons (Fsp3) is 0.238. The lowest BCUT2D eigenvalue weighted by Gasteiger charge is -2.27. The summed E-state index contributed by atoms with van der Waals surface area (Å²) < 4.78 is 1.28. The van der Waals surface area contributed by atoms with Crippen LogP contribution in [0, 0.1) is 5.92 Å². The van der Waals surface area contributed by atoms with Gasteiger partial charge in [0.1, 0.15) is 6.04 Å². The first kappa shape index (κ1) is 19.4. The highest BCUT2D eigenvalue weighted by atomic mass is 35.5. The van der Waals surface area contributed by atoms with E-state index in [4.69, 9.17) is 17.3 Å².